The highest BCUT2D eigenvalue weighted by Crippen LogP contribution is 2.25. The lowest BCUT2D eigenvalue weighted by Crippen LogP contribution is -2.31. The molecular weight excluding hydrogens is 357 g/mol. The molecular formula is C18H20FN3O3S. The first-order valence-electron chi connectivity index (χ1n) is 8.08. The van der Waals surface area contributed by atoms with Crippen LogP contribution < -0.4 is 0 Å². The van der Waals surface area contributed by atoms with Crippen molar-refractivity contribution in [3.8, 4) is 5.69 Å². The highest BCUT2D eigenvalue weighted by Gasteiger charge is 2.22. The fourth-order valence-electron chi connectivity index (χ4n) is 2.74. The minimum absolute atomic E-state index is 0.0229. The average molecular weight is 377 g/mol. The number of imidazole rings is 1. The number of benzene rings is 2. The van der Waals surface area contributed by atoms with Gasteiger partial charge in [-0.1, -0.05) is 24.3 Å². The number of sulfonamides is 1. The van der Waals surface area contributed by atoms with Gasteiger partial charge in [-0.3, -0.25) is 4.57 Å². The van der Waals surface area contributed by atoms with Gasteiger partial charge >= 0.3 is 0 Å². The Morgan fingerprint density at radius 2 is 1.88 bits per heavy atom. The van der Waals surface area contributed by atoms with Crippen LogP contribution >= 0.6 is 0 Å². The molecule has 26 heavy (non-hydrogen) atoms. The number of hydrogen-bond donors (Lipinski definition) is 0. The standard InChI is InChI=1S/C18H20FN3O3S/c1-21(26(23,24)12-11-25-2)13-17-20-16-10-6-9-15(19)18(16)22(17)14-7-4-3-5-8-14/h3-10H,11-13H2,1-2H3. The van der Waals surface area contributed by atoms with Crippen molar-refractivity contribution in [3.05, 3.63) is 60.2 Å². The van der Waals surface area contributed by atoms with Crippen molar-refractivity contribution in [1.29, 1.82) is 0 Å². The molecule has 6 nitrogen and oxygen atoms in total. The van der Waals surface area contributed by atoms with Crippen LogP contribution in [0.15, 0.2) is 48.5 Å². The van der Waals surface area contributed by atoms with Gasteiger partial charge in [-0.2, -0.15) is 4.31 Å². The number of methoxy groups -OCH3 is 1. The summed E-state index contributed by atoms with van der Waals surface area (Å²) in [6.45, 7) is 0.130. The Hall–Kier alpha value is -2.29. The summed E-state index contributed by atoms with van der Waals surface area (Å²) < 4.78 is 46.9. The molecule has 0 saturated carbocycles. The van der Waals surface area contributed by atoms with Crippen molar-refractivity contribution >= 4 is 21.1 Å². The van der Waals surface area contributed by atoms with E-state index in [1.54, 1.807) is 16.7 Å². The lowest BCUT2D eigenvalue weighted by atomic mass is 10.2. The van der Waals surface area contributed by atoms with E-state index in [-0.39, 0.29) is 18.9 Å². The summed E-state index contributed by atoms with van der Waals surface area (Å²) in [5.74, 6) is -0.0882. The molecule has 0 atom stereocenters. The fraction of sp³-hybridized carbons (Fsp3) is 0.278. The first-order valence-corrected chi connectivity index (χ1v) is 9.69. The Balaban J connectivity index is 2.08. The Kier molecular flexibility index (Phi) is 5.36. The van der Waals surface area contributed by atoms with Gasteiger partial charge in [0.25, 0.3) is 0 Å². The van der Waals surface area contributed by atoms with Crippen LogP contribution in [-0.4, -0.2) is 48.8 Å². The van der Waals surface area contributed by atoms with Crippen LogP contribution in [0.2, 0.25) is 0 Å². The number of aromatic nitrogens is 2. The number of ether oxygens (including phenoxy) is 1. The van der Waals surface area contributed by atoms with Gasteiger partial charge in [-0.25, -0.2) is 17.8 Å². The molecule has 0 fully saturated rings. The number of para-hydroxylation sites is 2. The minimum Gasteiger partial charge on any atom is -0.384 e. The molecule has 0 aliphatic rings. The lowest BCUT2D eigenvalue weighted by molar-refractivity contribution is 0.215. The summed E-state index contributed by atoms with van der Waals surface area (Å²) in [4.78, 5) is 4.47. The van der Waals surface area contributed by atoms with E-state index < -0.39 is 15.8 Å². The monoisotopic (exact) mass is 377 g/mol. The molecule has 0 aliphatic heterocycles. The number of rotatable bonds is 7. The smallest absolute Gasteiger partial charge is 0.216 e. The molecule has 1 heterocycles. The molecule has 3 rings (SSSR count). The van der Waals surface area contributed by atoms with E-state index in [1.165, 1.54) is 24.5 Å². The third kappa shape index (κ3) is 3.62. The zero-order valence-electron chi connectivity index (χ0n) is 14.6. The maximum Gasteiger partial charge on any atom is 0.216 e. The Bertz CT molecular complexity index is 1000. The first-order chi connectivity index (χ1) is 12.4. The summed E-state index contributed by atoms with van der Waals surface area (Å²) in [6, 6.07) is 13.9. The van der Waals surface area contributed by atoms with Crippen LogP contribution in [0.1, 0.15) is 5.82 Å². The van der Waals surface area contributed by atoms with E-state index >= 15 is 0 Å². The van der Waals surface area contributed by atoms with Crippen LogP contribution in [0.5, 0.6) is 0 Å². The van der Waals surface area contributed by atoms with Crippen LogP contribution in [0.25, 0.3) is 16.7 Å². The zero-order chi connectivity index (χ0) is 18.7. The van der Waals surface area contributed by atoms with Crippen molar-refractivity contribution in [1.82, 2.24) is 13.9 Å². The first kappa shape index (κ1) is 18.5. The molecule has 3 aromatic rings. The normalized spacial score (nSPS) is 12.2. The molecule has 0 spiro atoms. The zero-order valence-corrected chi connectivity index (χ0v) is 15.4. The van der Waals surface area contributed by atoms with Crippen molar-refractivity contribution in [3.63, 3.8) is 0 Å². The third-order valence-corrected chi connectivity index (χ3v) is 5.86. The summed E-state index contributed by atoms with van der Waals surface area (Å²) in [7, 11) is -0.572. The second kappa shape index (κ2) is 7.53. The second-order valence-electron chi connectivity index (χ2n) is 5.87. The van der Waals surface area contributed by atoms with Crippen molar-refractivity contribution in [2.45, 2.75) is 6.54 Å². The molecule has 0 N–H and O–H groups in total. The molecule has 0 aliphatic carbocycles. The molecule has 0 amide bonds. The largest absolute Gasteiger partial charge is 0.384 e. The molecule has 0 saturated heterocycles. The van der Waals surface area contributed by atoms with Gasteiger partial charge < -0.3 is 4.74 Å². The predicted molar refractivity (Wildman–Crippen MR) is 98.2 cm³/mol. The average Bonchev–Trinajstić information content (AvgIpc) is 3.00. The molecule has 2 aromatic carbocycles. The maximum absolute atomic E-state index is 14.5. The van der Waals surface area contributed by atoms with Gasteiger partial charge in [0.15, 0.2) is 0 Å². The van der Waals surface area contributed by atoms with Crippen molar-refractivity contribution in [2.75, 3.05) is 26.5 Å². The molecule has 0 unspecified atom stereocenters. The van der Waals surface area contributed by atoms with Gasteiger partial charge in [0.2, 0.25) is 10.0 Å². The van der Waals surface area contributed by atoms with Crippen LogP contribution in [0.3, 0.4) is 0 Å². The highest BCUT2D eigenvalue weighted by atomic mass is 32.2. The Labute approximate surface area is 151 Å². The molecule has 138 valence electrons. The SMILES string of the molecule is COCCS(=O)(=O)N(C)Cc1nc2cccc(F)c2n1-c1ccccc1. The Morgan fingerprint density at radius 3 is 2.58 bits per heavy atom. The van der Waals surface area contributed by atoms with E-state index in [0.717, 1.165) is 5.69 Å². The van der Waals surface area contributed by atoms with E-state index in [2.05, 4.69) is 4.98 Å². The van der Waals surface area contributed by atoms with Crippen molar-refractivity contribution < 1.29 is 17.5 Å². The molecule has 0 radical (unpaired) electrons. The van der Waals surface area contributed by atoms with E-state index in [4.69, 9.17) is 4.74 Å². The minimum atomic E-state index is -3.51. The fourth-order valence-corrected chi connectivity index (χ4v) is 3.74. The van der Waals surface area contributed by atoms with E-state index in [1.807, 2.05) is 30.3 Å². The second-order valence-corrected chi connectivity index (χ2v) is 8.07. The maximum atomic E-state index is 14.5. The Morgan fingerprint density at radius 1 is 1.15 bits per heavy atom. The summed E-state index contributed by atoms with van der Waals surface area (Å²) in [5, 5.41) is 0. The number of fused-ring (bicyclic) bond motifs is 1. The van der Waals surface area contributed by atoms with Crippen LogP contribution in [0.4, 0.5) is 4.39 Å². The topological polar surface area (TPSA) is 64.4 Å². The van der Waals surface area contributed by atoms with Gasteiger partial charge in [0.1, 0.15) is 17.2 Å². The van der Waals surface area contributed by atoms with E-state index in [9.17, 15) is 12.8 Å². The number of nitrogens with zero attached hydrogens (tertiary/aromatic N) is 3. The van der Waals surface area contributed by atoms with Gasteiger partial charge in [0.05, 0.1) is 24.4 Å². The van der Waals surface area contributed by atoms with Gasteiger partial charge in [-0.15, -0.1) is 0 Å². The molecule has 8 heteroatoms. The van der Waals surface area contributed by atoms with Crippen LogP contribution in [0, 0.1) is 5.82 Å². The van der Waals surface area contributed by atoms with Crippen molar-refractivity contribution in [2.24, 2.45) is 0 Å². The summed E-state index contributed by atoms with van der Waals surface area (Å²) in [6.07, 6.45) is 0. The van der Waals surface area contributed by atoms with Gasteiger partial charge in [-0.05, 0) is 24.3 Å². The molecule has 0 bridgehead atoms. The van der Waals surface area contributed by atoms with E-state index in [0.29, 0.717) is 16.9 Å². The predicted octanol–water partition coefficient (Wildman–Crippen LogP) is 2.57. The van der Waals surface area contributed by atoms with Crippen LogP contribution in [-0.2, 0) is 21.3 Å². The third-order valence-electron chi connectivity index (χ3n) is 4.10. The number of halogens is 1. The quantitative estimate of drug-likeness (QED) is 0.635. The van der Waals surface area contributed by atoms with Gasteiger partial charge in [0, 0.05) is 19.8 Å². The molecule has 1 aromatic heterocycles. The summed E-state index contributed by atoms with van der Waals surface area (Å²) >= 11 is 0. The number of hydrogen-bond acceptors (Lipinski definition) is 4. The summed E-state index contributed by atoms with van der Waals surface area (Å²) in [5.41, 5.74) is 1.53. The lowest BCUT2D eigenvalue weighted by Gasteiger charge is -2.18. The highest BCUT2D eigenvalue weighted by molar-refractivity contribution is 7.89.